The molecular weight excluding hydrogens is 398 g/mol. The van der Waals surface area contributed by atoms with Crippen molar-refractivity contribution in [1.82, 2.24) is 9.88 Å². The molecule has 3 aromatic rings. The maximum absolute atomic E-state index is 12.6. The second-order valence-corrected chi connectivity index (χ2v) is 9.80. The van der Waals surface area contributed by atoms with Gasteiger partial charge < -0.3 is 9.80 Å². The summed E-state index contributed by atoms with van der Waals surface area (Å²) in [4.78, 5) is 23.1. The molecule has 1 fully saturated rings. The van der Waals surface area contributed by atoms with Crippen LogP contribution >= 0.6 is 23.1 Å². The van der Waals surface area contributed by atoms with Crippen LogP contribution < -0.4 is 4.90 Å². The average molecular weight is 426 g/mol. The normalized spacial score (nSPS) is 14.6. The van der Waals surface area contributed by atoms with E-state index >= 15 is 0 Å². The van der Waals surface area contributed by atoms with E-state index in [0.717, 1.165) is 42.6 Å². The van der Waals surface area contributed by atoms with Crippen LogP contribution in [0.1, 0.15) is 23.1 Å². The van der Waals surface area contributed by atoms with Gasteiger partial charge in [0.05, 0.1) is 10.2 Å². The van der Waals surface area contributed by atoms with Gasteiger partial charge in [0.1, 0.15) is 0 Å². The summed E-state index contributed by atoms with van der Waals surface area (Å²) in [7, 11) is 0. The van der Waals surface area contributed by atoms with Gasteiger partial charge in [-0.15, -0.1) is 11.8 Å². The van der Waals surface area contributed by atoms with Crippen molar-refractivity contribution in [3.8, 4) is 0 Å². The van der Waals surface area contributed by atoms with Crippen LogP contribution in [-0.2, 0) is 4.79 Å². The monoisotopic (exact) mass is 425 g/mol. The van der Waals surface area contributed by atoms with E-state index in [1.165, 1.54) is 26.3 Å². The molecule has 1 aromatic heterocycles. The highest BCUT2D eigenvalue weighted by molar-refractivity contribution is 7.99. The molecule has 0 spiro atoms. The lowest BCUT2D eigenvalue weighted by molar-refractivity contribution is -0.131. The van der Waals surface area contributed by atoms with Gasteiger partial charge in [0.25, 0.3) is 0 Å². The van der Waals surface area contributed by atoms with E-state index < -0.39 is 0 Å². The number of aromatic nitrogens is 1. The number of hydrogen-bond donors (Lipinski definition) is 0. The number of piperazine rings is 1. The molecule has 0 bridgehead atoms. The van der Waals surface area contributed by atoms with Crippen molar-refractivity contribution in [2.45, 2.75) is 32.1 Å². The summed E-state index contributed by atoms with van der Waals surface area (Å²) in [5, 5.41) is 1.08. The molecule has 1 aliphatic heterocycles. The maximum atomic E-state index is 12.6. The Morgan fingerprint density at radius 1 is 1.00 bits per heavy atom. The number of nitrogens with zero attached hydrogens (tertiary/aromatic N) is 3. The second-order valence-electron chi connectivity index (χ2n) is 7.65. The highest BCUT2D eigenvalue weighted by Gasteiger charge is 2.23. The van der Waals surface area contributed by atoms with Crippen LogP contribution in [0.15, 0.2) is 41.3 Å². The van der Waals surface area contributed by atoms with E-state index in [4.69, 9.17) is 4.98 Å². The molecule has 29 heavy (non-hydrogen) atoms. The number of rotatable bonds is 5. The van der Waals surface area contributed by atoms with Gasteiger partial charge in [0.15, 0.2) is 5.13 Å². The van der Waals surface area contributed by atoms with Gasteiger partial charge in [-0.2, -0.15) is 0 Å². The van der Waals surface area contributed by atoms with E-state index in [0.29, 0.717) is 6.42 Å². The standard InChI is InChI=1S/C23H27N3OS2/c1-16-4-8-19(9-5-16)28-15-10-20(27)25-11-13-26(14-12-25)23-24-21-17(2)6-7-18(3)22(21)29-23/h4-9H,10-15H2,1-3H3. The van der Waals surface area contributed by atoms with E-state index in [9.17, 15) is 4.79 Å². The lowest BCUT2D eigenvalue weighted by Gasteiger charge is -2.34. The van der Waals surface area contributed by atoms with Crippen molar-refractivity contribution in [3.05, 3.63) is 53.1 Å². The van der Waals surface area contributed by atoms with E-state index in [1.807, 2.05) is 4.90 Å². The summed E-state index contributed by atoms with van der Waals surface area (Å²) in [5.74, 6) is 1.10. The molecule has 1 amide bonds. The van der Waals surface area contributed by atoms with Crippen molar-refractivity contribution in [2.75, 3.05) is 36.8 Å². The van der Waals surface area contributed by atoms with E-state index in [1.54, 1.807) is 23.1 Å². The number of aryl methyl sites for hydroxylation is 3. The number of fused-ring (bicyclic) bond motifs is 1. The summed E-state index contributed by atoms with van der Waals surface area (Å²) in [6.07, 6.45) is 0.595. The van der Waals surface area contributed by atoms with Gasteiger partial charge in [-0.1, -0.05) is 41.2 Å². The fourth-order valence-corrected chi connectivity index (χ4v) is 5.58. The minimum absolute atomic E-state index is 0.264. The van der Waals surface area contributed by atoms with Gasteiger partial charge in [0.2, 0.25) is 5.91 Å². The van der Waals surface area contributed by atoms with Crippen molar-refractivity contribution in [1.29, 1.82) is 0 Å². The molecule has 0 N–H and O–H groups in total. The Bertz CT molecular complexity index is 966. The first-order valence-corrected chi connectivity index (χ1v) is 11.9. The molecule has 2 heterocycles. The number of carbonyl (C=O) groups is 1. The minimum atomic E-state index is 0.264. The smallest absolute Gasteiger partial charge is 0.223 e. The van der Waals surface area contributed by atoms with Crippen LogP contribution in [-0.4, -0.2) is 47.7 Å². The quantitative estimate of drug-likeness (QED) is 0.536. The molecular formula is C23H27N3OS2. The fourth-order valence-electron chi connectivity index (χ4n) is 3.58. The molecule has 4 nitrogen and oxygen atoms in total. The van der Waals surface area contributed by atoms with Crippen LogP contribution in [0.25, 0.3) is 10.2 Å². The molecule has 0 saturated carbocycles. The number of anilines is 1. The Morgan fingerprint density at radius 3 is 2.38 bits per heavy atom. The number of carbonyl (C=O) groups excluding carboxylic acids is 1. The second kappa shape index (κ2) is 8.76. The van der Waals surface area contributed by atoms with Gasteiger partial charge in [-0.3, -0.25) is 4.79 Å². The first-order chi connectivity index (χ1) is 14.0. The van der Waals surface area contributed by atoms with Gasteiger partial charge in [0, 0.05) is 43.2 Å². The number of amides is 1. The third kappa shape index (κ3) is 4.59. The first kappa shape index (κ1) is 20.2. The van der Waals surface area contributed by atoms with Crippen LogP contribution in [0.2, 0.25) is 0 Å². The average Bonchev–Trinajstić information content (AvgIpc) is 3.19. The molecule has 1 saturated heterocycles. The summed E-state index contributed by atoms with van der Waals surface area (Å²) >= 11 is 3.53. The number of thioether (sulfide) groups is 1. The number of benzene rings is 2. The Hall–Kier alpha value is -2.05. The maximum Gasteiger partial charge on any atom is 0.223 e. The molecule has 0 radical (unpaired) electrons. The Balaban J connectivity index is 1.30. The zero-order valence-corrected chi connectivity index (χ0v) is 18.9. The highest BCUT2D eigenvalue weighted by atomic mass is 32.2. The Labute approximate surface area is 180 Å². The summed E-state index contributed by atoms with van der Waals surface area (Å²) in [6.45, 7) is 9.63. The van der Waals surface area contributed by atoms with Crippen molar-refractivity contribution in [2.24, 2.45) is 0 Å². The third-order valence-corrected chi connectivity index (χ3v) is 7.70. The van der Waals surface area contributed by atoms with Crippen LogP contribution in [0.5, 0.6) is 0 Å². The minimum Gasteiger partial charge on any atom is -0.345 e. The number of thiazole rings is 1. The van der Waals surface area contributed by atoms with Crippen LogP contribution in [0.4, 0.5) is 5.13 Å². The third-order valence-electron chi connectivity index (χ3n) is 5.44. The molecule has 0 atom stereocenters. The molecule has 152 valence electrons. The SMILES string of the molecule is Cc1ccc(SCCC(=O)N2CCN(c3nc4c(C)ccc(C)c4s3)CC2)cc1. The largest absolute Gasteiger partial charge is 0.345 e. The first-order valence-electron chi connectivity index (χ1n) is 10.1. The van der Waals surface area contributed by atoms with E-state index in [2.05, 4.69) is 62.1 Å². The van der Waals surface area contributed by atoms with Gasteiger partial charge >= 0.3 is 0 Å². The fraction of sp³-hybridized carbons (Fsp3) is 0.391. The zero-order valence-electron chi connectivity index (χ0n) is 17.3. The lowest BCUT2D eigenvalue weighted by Crippen LogP contribution is -2.48. The lowest BCUT2D eigenvalue weighted by atomic mass is 10.1. The summed E-state index contributed by atoms with van der Waals surface area (Å²) < 4.78 is 1.28. The van der Waals surface area contributed by atoms with Crippen molar-refractivity contribution in [3.63, 3.8) is 0 Å². The summed E-state index contributed by atoms with van der Waals surface area (Å²) in [6, 6.07) is 12.8. The van der Waals surface area contributed by atoms with Crippen molar-refractivity contribution >= 4 is 44.4 Å². The topological polar surface area (TPSA) is 36.4 Å². The molecule has 4 rings (SSSR count). The summed E-state index contributed by atoms with van der Waals surface area (Å²) in [5.41, 5.74) is 4.90. The van der Waals surface area contributed by atoms with E-state index in [-0.39, 0.29) is 5.91 Å². The molecule has 2 aromatic carbocycles. The molecule has 6 heteroatoms. The van der Waals surface area contributed by atoms with Crippen LogP contribution in [0.3, 0.4) is 0 Å². The zero-order chi connectivity index (χ0) is 20.4. The molecule has 0 aliphatic carbocycles. The highest BCUT2D eigenvalue weighted by Crippen LogP contribution is 2.33. The van der Waals surface area contributed by atoms with Gasteiger partial charge in [-0.05, 0) is 44.0 Å². The predicted molar refractivity (Wildman–Crippen MR) is 124 cm³/mol. The van der Waals surface area contributed by atoms with Crippen LogP contribution in [0, 0.1) is 20.8 Å². The predicted octanol–water partition coefficient (Wildman–Crippen LogP) is 5.05. The Morgan fingerprint density at radius 2 is 1.69 bits per heavy atom. The molecule has 1 aliphatic rings. The Kier molecular flexibility index (Phi) is 6.11. The van der Waals surface area contributed by atoms with Gasteiger partial charge in [-0.25, -0.2) is 4.98 Å². The van der Waals surface area contributed by atoms with Crippen molar-refractivity contribution < 1.29 is 4.79 Å². The number of hydrogen-bond acceptors (Lipinski definition) is 5. The molecule has 0 unspecified atom stereocenters.